The number of rotatable bonds is 3. The number of likely N-dealkylation sites (N-methyl/N-ethyl adjacent to an activating group) is 1. The highest BCUT2D eigenvalue weighted by Gasteiger charge is 2.28. The normalized spacial score (nSPS) is 30.4. The molecule has 0 aromatic rings. The average Bonchev–Trinajstić information content (AvgIpc) is 2.19. The van der Waals surface area contributed by atoms with Crippen LogP contribution in [0.3, 0.4) is 0 Å². The lowest BCUT2D eigenvalue weighted by atomic mass is 9.81. The molecule has 1 aliphatic carbocycles. The summed E-state index contributed by atoms with van der Waals surface area (Å²) < 4.78 is 0. The van der Waals surface area contributed by atoms with Crippen LogP contribution in [-0.4, -0.2) is 55.4 Å². The van der Waals surface area contributed by atoms with Gasteiger partial charge in [0.2, 0.25) is 0 Å². The van der Waals surface area contributed by atoms with Crippen molar-refractivity contribution in [1.29, 1.82) is 0 Å². The number of nitrogens with zero attached hydrogens (tertiary/aromatic N) is 2. The van der Waals surface area contributed by atoms with E-state index in [-0.39, 0.29) is 0 Å². The van der Waals surface area contributed by atoms with Gasteiger partial charge in [0.1, 0.15) is 5.78 Å². The zero-order chi connectivity index (χ0) is 9.97. The minimum Gasteiger partial charge on any atom is -0.304 e. The Morgan fingerprint density at radius 3 is 2.50 bits per heavy atom. The number of carbonyl (C=O) groups is 1. The minimum atomic E-state index is 0.412. The van der Waals surface area contributed by atoms with Crippen LogP contribution < -0.4 is 0 Å². The number of hydrogen-bond acceptors (Lipinski definition) is 3. The van der Waals surface area contributed by atoms with Gasteiger partial charge in [0, 0.05) is 38.5 Å². The summed E-state index contributed by atoms with van der Waals surface area (Å²) in [4.78, 5) is 16.0. The molecule has 80 valence electrons. The number of carbonyl (C=O) groups excluding carboxylic acids is 1. The van der Waals surface area contributed by atoms with E-state index in [1.54, 1.807) is 0 Å². The predicted molar refractivity (Wildman–Crippen MR) is 56.3 cm³/mol. The first-order chi connectivity index (χ1) is 6.75. The zero-order valence-corrected chi connectivity index (χ0v) is 9.04. The highest BCUT2D eigenvalue weighted by Crippen LogP contribution is 2.25. The Balaban J connectivity index is 1.63. The molecule has 14 heavy (non-hydrogen) atoms. The third-order valence-corrected chi connectivity index (χ3v) is 3.58. The molecule has 2 rings (SSSR count). The smallest absolute Gasteiger partial charge is 0.136 e. The molecule has 3 heteroatoms. The van der Waals surface area contributed by atoms with Crippen molar-refractivity contribution >= 4 is 5.78 Å². The second-order valence-electron chi connectivity index (χ2n) is 4.64. The highest BCUT2D eigenvalue weighted by molar-refractivity contribution is 5.86. The molecular weight excluding hydrogens is 176 g/mol. The lowest BCUT2D eigenvalue weighted by Crippen LogP contribution is -2.45. The fourth-order valence-electron chi connectivity index (χ4n) is 2.18. The maximum atomic E-state index is 11.1. The largest absolute Gasteiger partial charge is 0.304 e. The molecule has 0 N–H and O–H groups in total. The summed E-state index contributed by atoms with van der Waals surface area (Å²) in [6, 6.07) is 0. The van der Waals surface area contributed by atoms with Crippen molar-refractivity contribution < 1.29 is 4.79 Å². The number of ketones is 1. The summed E-state index contributed by atoms with van der Waals surface area (Å²) in [6.07, 6.45) is 3.09. The molecule has 0 bridgehead atoms. The lowest BCUT2D eigenvalue weighted by Gasteiger charge is -2.34. The quantitative estimate of drug-likeness (QED) is 0.660. The van der Waals surface area contributed by atoms with Crippen LogP contribution in [0.1, 0.15) is 19.3 Å². The first-order valence-electron chi connectivity index (χ1n) is 5.69. The van der Waals surface area contributed by atoms with Crippen LogP contribution in [0.25, 0.3) is 0 Å². The van der Waals surface area contributed by atoms with Gasteiger partial charge in [-0.25, -0.2) is 0 Å². The fourth-order valence-corrected chi connectivity index (χ4v) is 2.18. The van der Waals surface area contributed by atoms with Gasteiger partial charge in [-0.05, 0) is 26.4 Å². The van der Waals surface area contributed by atoms with Crippen molar-refractivity contribution in [2.24, 2.45) is 5.92 Å². The Kier molecular flexibility index (Phi) is 3.19. The Bertz CT molecular complexity index is 209. The van der Waals surface area contributed by atoms with Gasteiger partial charge in [0.05, 0.1) is 0 Å². The molecule has 1 saturated carbocycles. The summed E-state index contributed by atoms with van der Waals surface area (Å²) >= 11 is 0. The summed E-state index contributed by atoms with van der Waals surface area (Å²) in [5, 5.41) is 0. The maximum absolute atomic E-state index is 11.1. The van der Waals surface area contributed by atoms with E-state index in [1.165, 1.54) is 26.2 Å². The number of Topliss-reactive ketones (excluding diaryl/α,β-unsaturated/α-hetero) is 1. The third-order valence-electron chi connectivity index (χ3n) is 3.58. The van der Waals surface area contributed by atoms with E-state index >= 15 is 0 Å². The van der Waals surface area contributed by atoms with Crippen LogP contribution in [0.5, 0.6) is 0 Å². The van der Waals surface area contributed by atoms with Crippen molar-refractivity contribution in [2.75, 3.05) is 39.8 Å². The molecule has 1 aliphatic heterocycles. The summed E-state index contributed by atoms with van der Waals surface area (Å²) in [5.41, 5.74) is 0. The molecular formula is C11H20N2O. The summed E-state index contributed by atoms with van der Waals surface area (Å²) in [7, 11) is 2.17. The van der Waals surface area contributed by atoms with Crippen molar-refractivity contribution in [2.45, 2.75) is 19.3 Å². The molecule has 0 aromatic heterocycles. The van der Waals surface area contributed by atoms with Crippen LogP contribution in [0, 0.1) is 5.92 Å². The predicted octanol–water partition coefficient (Wildman–Crippen LogP) is 0.603. The molecule has 2 fully saturated rings. The minimum absolute atomic E-state index is 0.412. The number of piperazine rings is 1. The summed E-state index contributed by atoms with van der Waals surface area (Å²) in [5.74, 6) is 0.911. The van der Waals surface area contributed by atoms with E-state index in [0.717, 1.165) is 25.8 Å². The van der Waals surface area contributed by atoms with Gasteiger partial charge in [-0.3, -0.25) is 4.79 Å². The average molecular weight is 196 g/mol. The van der Waals surface area contributed by atoms with Gasteiger partial charge < -0.3 is 9.80 Å². The molecule has 3 nitrogen and oxygen atoms in total. The van der Waals surface area contributed by atoms with Gasteiger partial charge in [0.15, 0.2) is 0 Å². The van der Waals surface area contributed by atoms with E-state index in [1.807, 2.05) is 0 Å². The summed E-state index contributed by atoms with van der Waals surface area (Å²) in [6.45, 7) is 5.84. The second-order valence-corrected chi connectivity index (χ2v) is 4.64. The lowest BCUT2D eigenvalue weighted by molar-refractivity contribution is -0.129. The van der Waals surface area contributed by atoms with Gasteiger partial charge >= 0.3 is 0 Å². The number of hydrogen-bond donors (Lipinski definition) is 0. The Morgan fingerprint density at radius 1 is 1.29 bits per heavy atom. The van der Waals surface area contributed by atoms with Crippen LogP contribution >= 0.6 is 0 Å². The molecule has 1 saturated heterocycles. The van der Waals surface area contributed by atoms with Gasteiger partial charge in [0.25, 0.3) is 0 Å². The SMILES string of the molecule is CN1CCN(CCC2CCC2=O)CC1. The van der Waals surface area contributed by atoms with Crippen molar-refractivity contribution in [1.82, 2.24) is 9.80 Å². The van der Waals surface area contributed by atoms with Gasteiger partial charge in [-0.2, -0.15) is 0 Å². The zero-order valence-electron chi connectivity index (χ0n) is 9.04. The van der Waals surface area contributed by atoms with Crippen LogP contribution in [0.2, 0.25) is 0 Å². The monoisotopic (exact) mass is 196 g/mol. The van der Waals surface area contributed by atoms with Crippen molar-refractivity contribution in [3.63, 3.8) is 0 Å². The van der Waals surface area contributed by atoms with E-state index in [4.69, 9.17) is 0 Å². The van der Waals surface area contributed by atoms with E-state index in [9.17, 15) is 4.79 Å². The van der Waals surface area contributed by atoms with Crippen LogP contribution in [0.4, 0.5) is 0 Å². The first-order valence-corrected chi connectivity index (χ1v) is 5.69. The standard InChI is InChI=1S/C11H20N2O/c1-12-6-8-13(9-7-12)5-4-10-2-3-11(10)14/h10H,2-9H2,1H3. The van der Waals surface area contributed by atoms with E-state index in [2.05, 4.69) is 16.8 Å². The molecule has 0 radical (unpaired) electrons. The third kappa shape index (κ3) is 2.34. The van der Waals surface area contributed by atoms with E-state index < -0.39 is 0 Å². The Morgan fingerprint density at radius 2 is 2.00 bits per heavy atom. The first kappa shape index (κ1) is 10.1. The fraction of sp³-hybridized carbons (Fsp3) is 0.909. The Hall–Kier alpha value is -0.410. The van der Waals surface area contributed by atoms with Crippen molar-refractivity contribution in [3.8, 4) is 0 Å². The van der Waals surface area contributed by atoms with Crippen molar-refractivity contribution in [3.05, 3.63) is 0 Å². The second kappa shape index (κ2) is 4.41. The molecule has 1 atom stereocenters. The molecule has 0 amide bonds. The molecule has 0 aromatic carbocycles. The highest BCUT2D eigenvalue weighted by atomic mass is 16.1. The van der Waals surface area contributed by atoms with Crippen LogP contribution in [-0.2, 0) is 4.79 Å². The molecule has 0 spiro atoms. The Labute approximate surface area is 86.1 Å². The molecule has 1 heterocycles. The molecule has 1 unspecified atom stereocenters. The molecule has 2 aliphatic rings. The topological polar surface area (TPSA) is 23.6 Å². The van der Waals surface area contributed by atoms with Gasteiger partial charge in [-0.1, -0.05) is 0 Å². The van der Waals surface area contributed by atoms with Gasteiger partial charge in [-0.15, -0.1) is 0 Å². The van der Waals surface area contributed by atoms with E-state index in [0.29, 0.717) is 11.7 Å². The van der Waals surface area contributed by atoms with Crippen LogP contribution in [0.15, 0.2) is 0 Å². The maximum Gasteiger partial charge on any atom is 0.136 e.